The molecule has 0 amide bonds. The number of piperazine rings is 1. The van der Waals surface area contributed by atoms with Gasteiger partial charge in [-0.2, -0.15) is 0 Å². The van der Waals surface area contributed by atoms with Gasteiger partial charge in [-0.05, 0) is 42.0 Å². The number of aliphatic hydroxyl groups is 1. The van der Waals surface area contributed by atoms with Gasteiger partial charge in [0.15, 0.2) is 11.5 Å². The molecule has 2 aromatic carbocycles. The van der Waals surface area contributed by atoms with Crippen molar-refractivity contribution >= 4 is 29.9 Å². The number of rotatable bonds is 9. The molecular formula is C23H33ClN2O3S. The zero-order valence-electron chi connectivity index (χ0n) is 18.0. The van der Waals surface area contributed by atoms with Crippen LogP contribution in [0.5, 0.6) is 11.5 Å². The van der Waals surface area contributed by atoms with Crippen LogP contribution in [0, 0.1) is 0 Å². The van der Waals surface area contributed by atoms with Gasteiger partial charge in [0.05, 0.1) is 26.0 Å². The Morgan fingerprint density at radius 2 is 1.70 bits per heavy atom. The van der Waals surface area contributed by atoms with Crippen molar-refractivity contribution in [2.75, 3.05) is 57.6 Å². The van der Waals surface area contributed by atoms with Crippen molar-refractivity contribution in [2.45, 2.75) is 24.3 Å². The normalized spacial score (nSPS) is 15.4. The number of β-amino-alcohol motifs (C(OH)–C–C–N with tert-alkyl or cyclic N) is 1. The summed E-state index contributed by atoms with van der Waals surface area (Å²) in [6.45, 7) is 6.67. The summed E-state index contributed by atoms with van der Waals surface area (Å²) in [5.74, 6) is 2.47. The number of halogens is 1. The summed E-state index contributed by atoms with van der Waals surface area (Å²) in [5.41, 5.74) is 2.19. The molecule has 1 fully saturated rings. The number of aliphatic hydroxyl groups excluding tert-OH is 1. The van der Waals surface area contributed by atoms with Gasteiger partial charge in [-0.25, -0.2) is 0 Å². The highest BCUT2D eigenvalue weighted by Gasteiger charge is 2.22. The lowest BCUT2D eigenvalue weighted by Crippen LogP contribution is -2.47. The quantitative estimate of drug-likeness (QED) is 0.566. The number of benzene rings is 2. The molecule has 1 aliphatic heterocycles. The number of anilines is 1. The second-order valence-corrected chi connectivity index (χ2v) is 8.37. The van der Waals surface area contributed by atoms with Crippen LogP contribution in [-0.4, -0.2) is 62.7 Å². The third-order valence-electron chi connectivity index (χ3n) is 5.26. The minimum atomic E-state index is -0.547. The van der Waals surface area contributed by atoms with E-state index < -0.39 is 6.10 Å². The first-order valence-corrected chi connectivity index (χ1v) is 11.2. The number of ether oxygens (including phenoxy) is 2. The molecule has 1 unspecified atom stereocenters. The number of para-hydroxylation sites is 1. The Morgan fingerprint density at radius 1 is 1.00 bits per heavy atom. The molecule has 0 aromatic heterocycles. The molecule has 0 bridgehead atoms. The maximum Gasteiger partial charge on any atom is 0.161 e. The fraction of sp³-hybridized carbons (Fsp3) is 0.478. The van der Waals surface area contributed by atoms with E-state index >= 15 is 0 Å². The van der Waals surface area contributed by atoms with E-state index in [9.17, 15) is 5.11 Å². The van der Waals surface area contributed by atoms with Crippen molar-refractivity contribution in [3.05, 3.63) is 48.0 Å². The van der Waals surface area contributed by atoms with E-state index in [0.717, 1.165) is 37.5 Å². The first-order chi connectivity index (χ1) is 14.2. The Balaban J connectivity index is 0.00000320. The van der Waals surface area contributed by atoms with E-state index in [4.69, 9.17) is 9.47 Å². The number of thioether (sulfide) groups is 1. The van der Waals surface area contributed by atoms with Crippen LogP contribution in [0.2, 0.25) is 0 Å². The first kappa shape index (κ1) is 24.7. The van der Waals surface area contributed by atoms with E-state index in [1.54, 1.807) is 14.2 Å². The smallest absolute Gasteiger partial charge is 0.161 e. The van der Waals surface area contributed by atoms with Crippen LogP contribution < -0.4 is 14.4 Å². The molecule has 0 spiro atoms. The predicted octanol–water partition coefficient (Wildman–Crippen LogP) is 4.48. The molecule has 2 aromatic rings. The molecule has 5 nitrogen and oxygen atoms in total. The Bertz CT molecular complexity index is 785. The largest absolute Gasteiger partial charge is 0.493 e. The van der Waals surface area contributed by atoms with Gasteiger partial charge in [-0.15, -0.1) is 24.2 Å². The zero-order chi connectivity index (χ0) is 20.6. The molecule has 166 valence electrons. The van der Waals surface area contributed by atoms with E-state index in [1.165, 1.54) is 17.0 Å². The Kier molecular flexibility index (Phi) is 10.1. The van der Waals surface area contributed by atoms with Gasteiger partial charge in [-0.1, -0.05) is 25.1 Å². The molecule has 0 radical (unpaired) electrons. The van der Waals surface area contributed by atoms with E-state index in [2.05, 4.69) is 41.0 Å². The van der Waals surface area contributed by atoms with Crippen molar-refractivity contribution in [3.8, 4) is 11.5 Å². The molecule has 3 rings (SSSR count). The summed E-state index contributed by atoms with van der Waals surface area (Å²) in [6.07, 6.45) is 0.634. The summed E-state index contributed by atoms with van der Waals surface area (Å²) in [5, 5.41) is 10.7. The lowest BCUT2D eigenvalue weighted by atomic mass is 10.1. The van der Waals surface area contributed by atoms with E-state index in [0.29, 0.717) is 18.0 Å². The predicted molar refractivity (Wildman–Crippen MR) is 128 cm³/mol. The summed E-state index contributed by atoms with van der Waals surface area (Å²) < 4.78 is 10.6. The first-order valence-electron chi connectivity index (χ1n) is 10.2. The fourth-order valence-corrected chi connectivity index (χ4v) is 4.58. The molecular weight excluding hydrogens is 420 g/mol. The van der Waals surface area contributed by atoms with Gasteiger partial charge in [0.2, 0.25) is 0 Å². The second kappa shape index (κ2) is 12.3. The molecule has 30 heavy (non-hydrogen) atoms. The average Bonchev–Trinajstić information content (AvgIpc) is 2.78. The van der Waals surface area contributed by atoms with Gasteiger partial charge in [0, 0.05) is 37.6 Å². The highest BCUT2D eigenvalue weighted by molar-refractivity contribution is 7.99. The summed E-state index contributed by atoms with van der Waals surface area (Å²) in [6, 6.07) is 14.3. The third kappa shape index (κ3) is 6.20. The molecule has 0 aliphatic carbocycles. The minimum absolute atomic E-state index is 0. The second-order valence-electron chi connectivity index (χ2n) is 7.23. The highest BCUT2D eigenvalue weighted by atomic mass is 35.5. The van der Waals surface area contributed by atoms with Crippen LogP contribution in [0.3, 0.4) is 0 Å². The standard InChI is InChI=1S/C23H32N2O3S.ClH/c1-4-15-29-23-8-6-5-7-19(23)25-13-11-24(12-14-25)17-20(26)18-9-10-21(27-2)22(16-18)28-3;/h5-10,16,20,26H,4,11-15,17H2,1-3H3;1H. The Hall–Kier alpha value is -1.60. The maximum atomic E-state index is 10.7. The molecule has 1 heterocycles. The number of nitrogens with zero attached hydrogens (tertiary/aromatic N) is 2. The topological polar surface area (TPSA) is 45.2 Å². The van der Waals surface area contributed by atoms with Gasteiger partial charge in [-0.3, -0.25) is 4.90 Å². The van der Waals surface area contributed by atoms with Gasteiger partial charge < -0.3 is 19.5 Å². The number of hydrogen-bond donors (Lipinski definition) is 1. The third-order valence-corrected chi connectivity index (χ3v) is 6.53. The van der Waals surface area contributed by atoms with Crippen LogP contribution in [-0.2, 0) is 0 Å². The number of methoxy groups -OCH3 is 2. The number of hydrogen-bond acceptors (Lipinski definition) is 6. The van der Waals surface area contributed by atoms with Crippen molar-refractivity contribution < 1.29 is 14.6 Å². The summed E-state index contributed by atoms with van der Waals surface area (Å²) >= 11 is 1.94. The summed E-state index contributed by atoms with van der Waals surface area (Å²) in [7, 11) is 3.23. The van der Waals surface area contributed by atoms with E-state index in [1.807, 2.05) is 30.0 Å². The maximum absolute atomic E-state index is 10.7. The highest BCUT2D eigenvalue weighted by Crippen LogP contribution is 2.32. The average molecular weight is 453 g/mol. The van der Waals surface area contributed by atoms with E-state index in [-0.39, 0.29) is 12.4 Å². The monoisotopic (exact) mass is 452 g/mol. The van der Waals surface area contributed by atoms with Crippen LogP contribution in [0.25, 0.3) is 0 Å². The Labute approximate surface area is 190 Å². The van der Waals surface area contributed by atoms with Crippen LogP contribution in [0.1, 0.15) is 25.0 Å². The van der Waals surface area contributed by atoms with Crippen molar-refractivity contribution in [1.82, 2.24) is 4.90 Å². The molecule has 1 atom stereocenters. The molecule has 1 saturated heterocycles. The van der Waals surface area contributed by atoms with Crippen LogP contribution >= 0.6 is 24.2 Å². The molecule has 7 heteroatoms. The van der Waals surface area contributed by atoms with Crippen LogP contribution in [0.4, 0.5) is 5.69 Å². The zero-order valence-corrected chi connectivity index (χ0v) is 19.7. The minimum Gasteiger partial charge on any atom is -0.493 e. The lowest BCUT2D eigenvalue weighted by molar-refractivity contribution is 0.109. The lowest BCUT2D eigenvalue weighted by Gasteiger charge is -2.37. The SMILES string of the molecule is CCCSc1ccccc1N1CCN(CC(O)c2ccc(OC)c(OC)c2)CC1.Cl. The van der Waals surface area contributed by atoms with Gasteiger partial charge in [0.1, 0.15) is 0 Å². The van der Waals surface area contributed by atoms with Gasteiger partial charge in [0.25, 0.3) is 0 Å². The van der Waals surface area contributed by atoms with Crippen molar-refractivity contribution in [2.24, 2.45) is 0 Å². The Morgan fingerprint density at radius 3 is 2.37 bits per heavy atom. The molecule has 1 aliphatic rings. The van der Waals surface area contributed by atoms with Crippen LogP contribution in [0.15, 0.2) is 47.4 Å². The van der Waals surface area contributed by atoms with Gasteiger partial charge >= 0.3 is 0 Å². The molecule has 0 saturated carbocycles. The molecule has 1 N–H and O–H groups in total. The van der Waals surface area contributed by atoms with Crippen molar-refractivity contribution in [1.29, 1.82) is 0 Å². The summed E-state index contributed by atoms with van der Waals surface area (Å²) in [4.78, 5) is 6.17. The van der Waals surface area contributed by atoms with Crippen molar-refractivity contribution in [3.63, 3.8) is 0 Å². The fourth-order valence-electron chi connectivity index (χ4n) is 3.63.